The Bertz CT molecular complexity index is 516. The molecule has 1 heterocycles. The van der Waals surface area contributed by atoms with E-state index in [-0.39, 0.29) is 6.04 Å². The van der Waals surface area contributed by atoms with Crippen LogP contribution in [0.4, 0.5) is 4.79 Å². The van der Waals surface area contributed by atoms with E-state index in [9.17, 15) is 14.7 Å². The topological polar surface area (TPSA) is 96.9 Å². The van der Waals surface area contributed by atoms with E-state index in [1.165, 1.54) is 0 Å². The van der Waals surface area contributed by atoms with Crippen molar-refractivity contribution in [1.29, 1.82) is 0 Å². The highest BCUT2D eigenvalue weighted by atomic mass is 16.6. The van der Waals surface area contributed by atoms with Crippen molar-refractivity contribution in [2.45, 2.75) is 51.5 Å². The molecular formula is C18H28N2O5. The molecular weight excluding hydrogens is 324 g/mol. The third-order valence-electron chi connectivity index (χ3n) is 3.31. The summed E-state index contributed by atoms with van der Waals surface area (Å²) in [4.78, 5) is 21.2. The zero-order valence-corrected chi connectivity index (χ0v) is 15.0. The maximum atomic E-state index is 11.4. The molecule has 1 aromatic carbocycles. The molecule has 1 aliphatic heterocycles. The Balaban J connectivity index is 0.000000271. The number of carbonyl (C=O) groups is 2. The number of piperidine rings is 1. The van der Waals surface area contributed by atoms with E-state index in [4.69, 9.17) is 4.74 Å². The van der Waals surface area contributed by atoms with Gasteiger partial charge in [0.1, 0.15) is 12.2 Å². The lowest BCUT2D eigenvalue weighted by Crippen LogP contribution is -2.54. The fraction of sp³-hybridized carbons (Fsp3) is 0.556. The van der Waals surface area contributed by atoms with Gasteiger partial charge in [-0.3, -0.25) is 4.79 Å². The van der Waals surface area contributed by atoms with Gasteiger partial charge < -0.3 is 25.2 Å². The van der Waals surface area contributed by atoms with Crippen LogP contribution in [0.5, 0.6) is 0 Å². The number of alkyl carbamates (subject to hydrolysis) is 1. The smallest absolute Gasteiger partial charge is 0.408 e. The molecule has 0 radical (unpaired) electrons. The number of amides is 1. The number of ether oxygens (including phenoxy) is 2. The quantitative estimate of drug-likeness (QED) is 0.712. The second-order valence-corrected chi connectivity index (χ2v) is 6.71. The Morgan fingerprint density at radius 2 is 2.04 bits per heavy atom. The van der Waals surface area contributed by atoms with E-state index in [0.717, 1.165) is 12.1 Å². The number of carbonyl (C=O) groups excluding carboxylic acids is 2. The van der Waals surface area contributed by atoms with Crippen LogP contribution in [0.25, 0.3) is 0 Å². The molecule has 2 rings (SSSR count). The molecule has 2 atom stereocenters. The van der Waals surface area contributed by atoms with E-state index in [1.807, 2.05) is 51.1 Å². The van der Waals surface area contributed by atoms with Gasteiger partial charge in [0.2, 0.25) is 0 Å². The summed E-state index contributed by atoms with van der Waals surface area (Å²) in [5, 5.41) is 15.4. The number of benzene rings is 1. The van der Waals surface area contributed by atoms with Crippen LogP contribution in [0.1, 0.15) is 32.8 Å². The molecule has 7 nitrogen and oxygen atoms in total. The van der Waals surface area contributed by atoms with Crippen molar-refractivity contribution < 1.29 is 24.2 Å². The van der Waals surface area contributed by atoms with Crippen LogP contribution in [0.15, 0.2) is 30.3 Å². The van der Waals surface area contributed by atoms with Crippen molar-refractivity contribution in [3.8, 4) is 0 Å². The number of aliphatic hydroxyl groups is 1. The molecule has 0 bridgehead atoms. The van der Waals surface area contributed by atoms with Gasteiger partial charge >= 0.3 is 6.09 Å². The van der Waals surface area contributed by atoms with Crippen molar-refractivity contribution in [3.63, 3.8) is 0 Å². The monoisotopic (exact) mass is 352 g/mol. The van der Waals surface area contributed by atoms with Gasteiger partial charge in [-0.2, -0.15) is 0 Å². The van der Waals surface area contributed by atoms with Gasteiger partial charge in [0.25, 0.3) is 6.47 Å². The summed E-state index contributed by atoms with van der Waals surface area (Å²) < 4.78 is 9.64. The molecule has 1 fully saturated rings. The first-order chi connectivity index (χ1) is 11.8. The van der Waals surface area contributed by atoms with E-state index in [1.54, 1.807) is 0 Å². The minimum atomic E-state index is -0.503. The summed E-state index contributed by atoms with van der Waals surface area (Å²) in [6.45, 7) is 7.61. The Morgan fingerprint density at radius 1 is 1.36 bits per heavy atom. The van der Waals surface area contributed by atoms with Crippen LogP contribution in [-0.4, -0.2) is 48.5 Å². The first kappa shape index (κ1) is 20.9. The van der Waals surface area contributed by atoms with E-state index >= 15 is 0 Å². The van der Waals surface area contributed by atoms with Gasteiger partial charge in [-0.1, -0.05) is 30.3 Å². The van der Waals surface area contributed by atoms with Gasteiger partial charge in [-0.15, -0.1) is 0 Å². The molecule has 140 valence electrons. The molecule has 3 N–H and O–H groups in total. The lowest BCUT2D eigenvalue weighted by molar-refractivity contribution is -0.129. The largest absolute Gasteiger partial charge is 0.463 e. The van der Waals surface area contributed by atoms with Gasteiger partial charge in [0, 0.05) is 6.54 Å². The highest BCUT2D eigenvalue weighted by Crippen LogP contribution is 2.08. The molecule has 1 aromatic rings. The molecule has 0 unspecified atom stereocenters. The molecule has 0 aliphatic carbocycles. The number of hydrogen-bond acceptors (Lipinski definition) is 6. The fourth-order valence-corrected chi connectivity index (χ4v) is 2.16. The molecule has 0 aromatic heterocycles. The standard InChI is InChI=1S/C10H20N2O3.C8H8O2/c1-10(2,3)15-9(14)12-7-6-11-5-4-8(7)13;9-7-10-6-8-4-2-1-3-5-8/h7-8,11,13H,4-6H2,1-3H3,(H,12,14);1-5,7H,6H2/t7-,8-;/m1./s1. The summed E-state index contributed by atoms with van der Waals surface area (Å²) in [6.07, 6.45) is -0.311. The SMILES string of the molecule is CC(C)(C)OC(=O)N[C@@H]1CNCC[C@H]1O.O=COCc1ccccc1. The van der Waals surface area contributed by atoms with Gasteiger partial charge in [0.05, 0.1) is 12.1 Å². The zero-order valence-electron chi connectivity index (χ0n) is 15.0. The molecule has 0 saturated carbocycles. The fourth-order valence-electron chi connectivity index (χ4n) is 2.16. The van der Waals surface area contributed by atoms with Crippen LogP contribution in [0.3, 0.4) is 0 Å². The Morgan fingerprint density at radius 3 is 2.60 bits per heavy atom. The molecule has 1 aliphatic rings. The maximum absolute atomic E-state index is 11.4. The molecule has 0 spiro atoms. The first-order valence-corrected chi connectivity index (χ1v) is 8.29. The highest BCUT2D eigenvalue weighted by Gasteiger charge is 2.26. The summed E-state index contributed by atoms with van der Waals surface area (Å²) in [7, 11) is 0. The third kappa shape index (κ3) is 9.69. The van der Waals surface area contributed by atoms with Crippen molar-refractivity contribution >= 4 is 12.6 Å². The van der Waals surface area contributed by atoms with E-state index in [0.29, 0.717) is 26.0 Å². The lowest BCUT2D eigenvalue weighted by Gasteiger charge is -2.30. The average Bonchev–Trinajstić information content (AvgIpc) is 2.55. The number of hydrogen-bond donors (Lipinski definition) is 3. The van der Waals surface area contributed by atoms with Crippen LogP contribution in [0, 0.1) is 0 Å². The van der Waals surface area contributed by atoms with Crippen LogP contribution in [-0.2, 0) is 20.9 Å². The number of nitrogens with one attached hydrogen (secondary N) is 2. The second kappa shape index (κ2) is 10.7. The summed E-state index contributed by atoms with van der Waals surface area (Å²) in [6, 6.07) is 9.29. The first-order valence-electron chi connectivity index (χ1n) is 8.29. The number of aliphatic hydroxyl groups excluding tert-OH is 1. The summed E-state index contributed by atoms with van der Waals surface area (Å²) in [5.41, 5.74) is 0.506. The highest BCUT2D eigenvalue weighted by molar-refractivity contribution is 5.68. The maximum Gasteiger partial charge on any atom is 0.408 e. The minimum Gasteiger partial charge on any atom is -0.463 e. The predicted octanol–water partition coefficient (Wildman–Crippen LogP) is 1.59. The van der Waals surface area contributed by atoms with Gasteiger partial charge in [-0.25, -0.2) is 4.79 Å². The van der Waals surface area contributed by atoms with Crippen LogP contribution >= 0.6 is 0 Å². The van der Waals surface area contributed by atoms with Crippen LogP contribution in [0.2, 0.25) is 0 Å². The third-order valence-corrected chi connectivity index (χ3v) is 3.31. The Kier molecular flexibility index (Phi) is 8.94. The van der Waals surface area contributed by atoms with Crippen molar-refractivity contribution in [2.24, 2.45) is 0 Å². The number of rotatable bonds is 4. The summed E-state index contributed by atoms with van der Waals surface area (Å²) >= 11 is 0. The Labute approximate surface area is 148 Å². The van der Waals surface area contributed by atoms with Crippen molar-refractivity contribution in [2.75, 3.05) is 13.1 Å². The molecule has 1 amide bonds. The molecule has 1 saturated heterocycles. The average molecular weight is 352 g/mol. The minimum absolute atomic E-state index is 0.256. The Hall–Kier alpha value is -2.12. The van der Waals surface area contributed by atoms with Crippen molar-refractivity contribution in [3.05, 3.63) is 35.9 Å². The van der Waals surface area contributed by atoms with Gasteiger partial charge in [0.15, 0.2) is 0 Å². The summed E-state index contributed by atoms with van der Waals surface area (Å²) in [5.74, 6) is 0. The van der Waals surface area contributed by atoms with E-state index in [2.05, 4.69) is 15.4 Å². The van der Waals surface area contributed by atoms with Gasteiger partial charge in [-0.05, 0) is 39.3 Å². The second-order valence-electron chi connectivity index (χ2n) is 6.71. The predicted molar refractivity (Wildman–Crippen MR) is 93.9 cm³/mol. The van der Waals surface area contributed by atoms with Crippen LogP contribution < -0.4 is 10.6 Å². The molecule has 25 heavy (non-hydrogen) atoms. The normalized spacial score (nSPS) is 19.8. The lowest BCUT2D eigenvalue weighted by atomic mass is 10.0. The van der Waals surface area contributed by atoms with Crippen molar-refractivity contribution in [1.82, 2.24) is 10.6 Å². The van der Waals surface area contributed by atoms with E-state index < -0.39 is 17.8 Å². The zero-order chi connectivity index (χ0) is 18.7. The molecule has 7 heteroatoms.